The van der Waals surface area contributed by atoms with Crippen molar-refractivity contribution in [2.75, 3.05) is 11.9 Å². The van der Waals surface area contributed by atoms with Gasteiger partial charge in [-0.25, -0.2) is 0 Å². The van der Waals surface area contributed by atoms with E-state index in [9.17, 15) is 4.79 Å². The minimum absolute atomic E-state index is 0.0376. The Labute approximate surface area is 117 Å². The Hall–Kier alpha value is -1.81. The molecule has 0 unspecified atom stereocenters. The van der Waals surface area contributed by atoms with E-state index in [1.54, 1.807) is 11.3 Å². The first-order valence-corrected chi connectivity index (χ1v) is 7.24. The fraction of sp³-hybridized carbons (Fsp3) is 0.267. The maximum absolute atomic E-state index is 12.2. The van der Waals surface area contributed by atoms with Gasteiger partial charge in [0, 0.05) is 17.1 Å². The Bertz CT molecular complexity index is 563. The first-order valence-electron chi connectivity index (χ1n) is 6.36. The summed E-state index contributed by atoms with van der Waals surface area (Å²) in [6.45, 7) is 5.46. The highest BCUT2D eigenvalue weighted by atomic mass is 32.1. The molecule has 2 N–H and O–H groups in total. The molecule has 2 aromatic rings. The van der Waals surface area contributed by atoms with Crippen LogP contribution in [0.15, 0.2) is 35.7 Å². The van der Waals surface area contributed by atoms with Crippen molar-refractivity contribution in [1.82, 2.24) is 5.32 Å². The Morgan fingerprint density at radius 1 is 1.26 bits per heavy atom. The van der Waals surface area contributed by atoms with Gasteiger partial charge >= 0.3 is 0 Å². The van der Waals surface area contributed by atoms with Crippen LogP contribution in [0.5, 0.6) is 0 Å². The minimum atomic E-state index is -0.0376. The van der Waals surface area contributed by atoms with Crippen LogP contribution in [0, 0.1) is 6.92 Å². The van der Waals surface area contributed by atoms with E-state index in [0.717, 1.165) is 12.2 Å². The summed E-state index contributed by atoms with van der Waals surface area (Å²) in [5.41, 5.74) is 2.80. The summed E-state index contributed by atoms with van der Waals surface area (Å²) in [5.74, 6) is -0.0376. The Morgan fingerprint density at radius 3 is 2.74 bits per heavy atom. The molecule has 19 heavy (non-hydrogen) atoms. The lowest BCUT2D eigenvalue weighted by atomic mass is 10.1. The molecule has 3 nitrogen and oxygen atoms in total. The molecule has 100 valence electrons. The molecule has 0 fully saturated rings. The summed E-state index contributed by atoms with van der Waals surface area (Å²) < 4.78 is 0. The number of hydrogen-bond acceptors (Lipinski definition) is 3. The second kappa shape index (κ2) is 6.38. The number of carbonyl (C=O) groups is 1. The van der Waals surface area contributed by atoms with E-state index in [1.807, 2.05) is 36.6 Å². The summed E-state index contributed by atoms with van der Waals surface area (Å²) in [4.78, 5) is 13.4. The van der Waals surface area contributed by atoms with Crippen molar-refractivity contribution in [1.29, 1.82) is 0 Å². The number of amides is 1. The summed E-state index contributed by atoms with van der Waals surface area (Å²) in [7, 11) is 0. The topological polar surface area (TPSA) is 41.1 Å². The lowest BCUT2D eigenvalue weighted by Crippen LogP contribution is -2.23. The Kier molecular flexibility index (Phi) is 4.58. The van der Waals surface area contributed by atoms with Crippen LogP contribution in [0.3, 0.4) is 0 Å². The summed E-state index contributed by atoms with van der Waals surface area (Å²) in [5, 5.41) is 8.22. The van der Waals surface area contributed by atoms with E-state index < -0.39 is 0 Å². The largest absolute Gasteiger partial charge is 0.385 e. The smallest absolute Gasteiger partial charge is 0.253 e. The molecule has 0 saturated carbocycles. The van der Waals surface area contributed by atoms with Crippen LogP contribution in [0.1, 0.15) is 27.7 Å². The molecule has 0 spiro atoms. The second-order valence-corrected chi connectivity index (χ2v) is 5.29. The predicted octanol–water partition coefficient (Wildman–Crippen LogP) is 3.42. The van der Waals surface area contributed by atoms with Crippen LogP contribution >= 0.6 is 11.3 Å². The molecule has 0 radical (unpaired) electrons. The average Bonchev–Trinajstić information content (AvgIpc) is 2.82. The highest BCUT2D eigenvalue weighted by molar-refractivity contribution is 7.10. The van der Waals surface area contributed by atoms with E-state index >= 15 is 0 Å². The number of rotatable bonds is 5. The van der Waals surface area contributed by atoms with Crippen LogP contribution in [0.25, 0.3) is 0 Å². The number of aryl methyl sites for hydroxylation is 1. The fourth-order valence-corrected chi connectivity index (χ4v) is 2.71. The van der Waals surface area contributed by atoms with Gasteiger partial charge in [0.2, 0.25) is 0 Å². The monoisotopic (exact) mass is 274 g/mol. The van der Waals surface area contributed by atoms with Crippen LogP contribution in [-0.2, 0) is 6.54 Å². The van der Waals surface area contributed by atoms with E-state index in [2.05, 4.69) is 23.6 Å². The van der Waals surface area contributed by atoms with Crippen molar-refractivity contribution < 1.29 is 4.79 Å². The standard InChI is InChI=1S/C15H18N2OS/c1-3-16-13-7-5-4-6-12(13)15(18)17-10-14-11(2)8-9-19-14/h4-9,16H,3,10H2,1-2H3,(H,17,18). The van der Waals surface area contributed by atoms with E-state index in [0.29, 0.717) is 12.1 Å². The number of carbonyl (C=O) groups excluding carboxylic acids is 1. The molecule has 0 saturated heterocycles. The molecule has 0 bridgehead atoms. The SMILES string of the molecule is CCNc1ccccc1C(=O)NCc1sccc1C. The molecule has 1 heterocycles. The van der Waals surface area contributed by atoms with Crippen molar-refractivity contribution in [2.45, 2.75) is 20.4 Å². The van der Waals surface area contributed by atoms with Crippen molar-refractivity contribution in [2.24, 2.45) is 0 Å². The zero-order chi connectivity index (χ0) is 13.7. The minimum Gasteiger partial charge on any atom is -0.385 e. The quantitative estimate of drug-likeness (QED) is 0.877. The molecule has 0 aliphatic carbocycles. The van der Waals surface area contributed by atoms with Gasteiger partial charge in [-0.1, -0.05) is 12.1 Å². The average molecular weight is 274 g/mol. The lowest BCUT2D eigenvalue weighted by Gasteiger charge is -2.10. The number of anilines is 1. The number of benzene rings is 1. The van der Waals surface area contributed by atoms with Gasteiger partial charge in [-0.05, 0) is 43.0 Å². The number of hydrogen-bond donors (Lipinski definition) is 2. The predicted molar refractivity (Wildman–Crippen MR) is 80.8 cm³/mol. The first kappa shape index (κ1) is 13.6. The van der Waals surface area contributed by atoms with Gasteiger partial charge in [0.05, 0.1) is 12.1 Å². The fourth-order valence-electron chi connectivity index (χ4n) is 1.87. The molecule has 2 rings (SSSR count). The lowest BCUT2D eigenvalue weighted by molar-refractivity contribution is 0.0952. The molecule has 4 heteroatoms. The number of thiophene rings is 1. The van der Waals surface area contributed by atoms with E-state index in [-0.39, 0.29) is 5.91 Å². The van der Waals surface area contributed by atoms with Crippen molar-refractivity contribution in [3.05, 3.63) is 51.7 Å². The molecule has 0 aliphatic heterocycles. The van der Waals surface area contributed by atoms with Gasteiger partial charge in [-0.3, -0.25) is 4.79 Å². The molecular formula is C15H18N2OS. The highest BCUT2D eigenvalue weighted by Gasteiger charge is 2.10. The third-order valence-corrected chi connectivity index (χ3v) is 3.94. The molecule has 1 amide bonds. The maximum atomic E-state index is 12.2. The summed E-state index contributed by atoms with van der Waals surface area (Å²) in [6, 6.07) is 9.65. The molecule has 1 aromatic heterocycles. The molecule has 0 atom stereocenters. The van der Waals surface area contributed by atoms with Gasteiger partial charge in [0.25, 0.3) is 5.91 Å². The van der Waals surface area contributed by atoms with Crippen LogP contribution in [0.2, 0.25) is 0 Å². The number of para-hydroxylation sites is 1. The van der Waals surface area contributed by atoms with Gasteiger partial charge in [-0.15, -0.1) is 11.3 Å². The summed E-state index contributed by atoms with van der Waals surface area (Å²) >= 11 is 1.67. The van der Waals surface area contributed by atoms with E-state index in [1.165, 1.54) is 10.4 Å². The first-order chi connectivity index (χ1) is 9.22. The zero-order valence-electron chi connectivity index (χ0n) is 11.2. The second-order valence-electron chi connectivity index (χ2n) is 4.29. The van der Waals surface area contributed by atoms with Gasteiger partial charge < -0.3 is 10.6 Å². The third kappa shape index (κ3) is 3.35. The Balaban J connectivity index is 2.06. The molecule has 1 aromatic carbocycles. The third-order valence-electron chi connectivity index (χ3n) is 2.92. The van der Waals surface area contributed by atoms with Gasteiger partial charge in [0.15, 0.2) is 0 Å². The van der Waals surface area contributed by atoms with Gasteiger partial charge in [-0.2, -0.15) is 0 Å². The van der Waals surface area contributed by atoms with Crippen LogP contribution < -0.4 is 10.6 Å². The normalized spacial score (nSPS) is 10.2. The zero-order valence-corrected chi connectivity index (χ0v) is 12.0. The highest BCUT2D eigenvalue weighted by Crippen LogP contribution is 2.17. The van der Waals surface area contributed by atoms with Crippen LogP contribution in [-0.4, -0.2) is 12.5 Å². The van der Waals surface area contributed by atoms with Crippen LogP contribution in [0.4, 0.5) is 5.69 Å². The summed E-state index contributed by atoms with van der Waals surface area (Å²) in [6.07, 6.45) is 0. The van der Waals surface area contributed by atoms with Crippen molar-refractivity contribution in [3.63, 3.8) is 0 Å². The maximum Gasteiger partial charge on any atom is 0.253 e. The number of nitrogens with one attached hydrogen (secondary N) is 2. The van der Waals surface area contributed by atoms with Gasteiger partial charge in [0.1, 0.15) is 0 Å². The van der Waals surface area contributed by atoms with Crippen molar-refractivity contribution in [3.8, 4) is 0 Å². The van der Waals surface area contributed by atoms with Crippen molar-refractivity contribution >= 4 is 22.9 Å². The Morgan fingerprint density at radius 2 is 2.05 bits per heavy atom. The molecular weight excluding hydrogens is 256 g/mol. The van der Waals surface area contributed by atoms with E-state index in [4.69, 9.17) is 0 Å². The molecule has 0 aliphatic rings.